The zero-order valence-electron chi connectivity index (χ0n) is 12.0. The first-order chi connectivity index (χ1) is 10.2. The van der Waals surface area contributed by atoms with Gasteiger partial charge in [0.15, 0.2) is 11.5 Å². The maximum atomic E-state index is 12.0. The maximum absolute atomic E-state index is 12.0. The Bertz CT molecular complexity index is 651. The van der Waals surface area contributed by atoms with Crippen LogP contribution in [-0.2, 0) is 4.79 Å². The molecular formula is C15H19N3O2S. The summed E-state index contributed by atoms with van der Waals surface area (Å²) in [4.78, 5) is 16.5. The van der Waals surface area contributed by atoms with Gasteiger partial charge in [0.25, 0.3) is 0 Å². The van der Waals surface area contributed by atoms with E-state index < -0.39 is 6.04 Å². The number of thioether (sulfide) groups is 1. The number of hydrogen-bond donors (Lipinski definition) is 2. The van der Waals surface area contributed by atoms with Gasteiger partial charge in [-0.25, -0.2) is 4.98 Å². The minimum Gasteiger partial charge on any atom is -0.440 e. The minimum absolute atomic E-state index is 0.158. The number of aromatic nitrogens is 1. The van der Waals surface area contributed by atoms with Crippen LogP contribution in [0.3, 0.4) is 0 Å². The fourth-order valence-electron chi connectivity index (χ4n) is 2.14. The van der Waals surface area contributed by atoms with Crippen molar-refractivity contribution in [3.63, 3.8) is 0 Å². The van der Waals surface area contributed by atoms with Crippen molar-refractivity contribution in [3.05, 3.63) is 24.1 Å². The molecule has 5 nitrogen and oxygen atoms in total. The largest absolute Gasteiger partial charge is 0.440 e. The van der Waals surface area contributed by atoms with E-state index >= 15 is 0 Å². The summed E-state index contributed by atoms with van der Waals surface area (Å²) in [6.45, 7) is 0. The van der Waals surface area contributed by atoms with Gasteiger partial charge in [-0.2, -0.15) is 11.8 Å². The van der Waals surface area contributed by atoms with Gasteiger partial charge in [0.2, 0.25) is 5.91 Å². The van der Waals surface area contributed by atoms with Gasteiger partial charge in [0.1, 0.15) is 5.52 Å². The molecule has 112 valence electrons. The molecule has 3 N–H and O–H groups in total. The molecule has 1 aromatic carbocycles. The van der Waals surface area contributed by atoms with Gasteiger partial charge in [-0.3, -0.25) is 4.79 Å². The Morgan fingerprint density at radius 3 is 3.10 bits per heavy atom. The summed E-state index contributed by atoms with van der Waals surface area (Å²) in [7, 11) is 0. The molecule has 1 aliphatic carbocycles. The Hall–Kier alpha value is -1.53. The topological polar surface area (TPSA) is 81.2 Å². The lowest BCUT2D eigenvalue weighted by molar-refractivity contribution is -0.117. The van der Waals surface area contributed by atoms with Crippen LogP contribution >= 0.6 is 11.8 Å². The molecule has 6 heteroatoms. The van der Waals surface area contributed by atoms with E-state index in [1.54, 1.807) is 11.8 Å². The van der Waals surface area contributed by atoms with E-state index in [1.807, 2.05) is 24.5 Å². The Balaban J connectivity index is 1.70. The van der Waals surface area contributed by atoms with Gasteiger partial charge in [0, 0.05) is 11.6 Å². The fourth-order valence-corrected chi connectivity index (χ4v) is 2.63. The second-order valence-corrected chi connectivity index (χ2v) is 6.37. The Labute approximate surface area is 127 Å². The average molecular weight is 305 g/mol. The number of rotatable bonds is 6. The number of nitrogens with two attached hydrogens (primary N) is 1. The number of fused-ring (bicyclic) bond motifs is 1. The van der Waals surface area contributed by atoms with E-state index in [9.17, 15) is 4.79 Å². The predicted octanol–water partition coefficient (Wildman–Crippen LogP) is 2.72. The molecule has 1 aliphatic rings. The third-order valence-electron chi connectivity index (χ3n) is 3.57. The highest BCUT2D eigenvalue weighted by molar-refractivity contribution is 7.98. The number of amides is 1. The normalized spacial score (nSPS) is 16.1. The molecule has 0 saturated heterocycles. The maximum Gasteiger partial charge on any atom is 0.241 e. The van der Waals surface area contributed by atoms with Crippen LogP contribution in [0.15, 0.2) is 22.6 Å². The van der Waals surface area contributed by atoms with Crippen molar-refractivity contribution in [1.82, 2.24) is 4.98 Å². The van der Waals surface area contributed by atoms with Crippen LogP contribution in [0.5, 0.6) is 0 Å². The number of nitrogens with zero attached hydrogens (tertiary/aromatic N) is 1. The zero-order valence-corrected chi connectivity index (χ0v) is 12.8. The molecule has 0 unspecified atom stereocenters. The number of hydrogen-bond acceptors (Lipinski definition) is 5. The second kappa shape index (κ2) is 6.07. The number of benzene rings is 1. The molecule has 1 aromatic heterocycles. The lowest BCUT2D eigenvalue weighted by atomic mass is 10.2. The third kappa shape index (κ3) is 3.39. The summed E-state index contributed by atoms with van der Waals surface area (Å²) in [5.41, 5.74) is 8.12. The number of oxazole rings is 1. The number of carbonyl (C=O) groups is 1. The second-order valence-electron chi connectivity index (χ2n) is 5.39. The molecule has 1 amide bonds. The van der Waals surface area contributed by atoms with Crippen molar-refractivity contribution in [3.8, 4) is 0 Å². The monoisotopic (exact) mass is 305 g/mol. The van der Waals surface area contributed by atoms with E-state index in [-0.39, 0.29) is 5.91 Å². The molecule has 1 atom stereocenters. The van der Waals surface area contributed by atoms with Crippen LogP contribution in [0.4, 0.5) is 5.69 Å². The summed E-state index contributed by atoms with van der Waals surface area (Å²) in [6.07, 6.45) is 4.98. The average Bonchev–Trinajstić information content (AvgIpc) is 3.24. The van der Waals surface area contributed by atoms with Crippen molar-refractivity contribution >= 4 is 34.5 Å². The molecule has 1 saturated carbocycles. The first-order valence-electron chi connectivity index (χ1n) is 7.13. The van der Waals surface area contributed by atoms with Crippen LogP contribution in [0.25, 0.3) is 11.1 Å². The molecule has 0 spiro atoms. The predicted molar refractivity (Wildman–Crippen MR) is 85.6 cm³/mol. The molecule has 0 aliphatic heterocycles. The first-order valence-corrected chi connectivity index (χ1v) is 8.52. The van der Waals surface area contributed by atoms with E-state index in [2.05, 4.69) is 10.3 Å². The Morgan fingerprint density at radius 2 is 2.38 bits per heavy atom. The SMILES string of the molecule is CSCC[C@@H](N)C(=O)Nc1ccc2oc(C3CC3)nc2c1. The molecule has 2 aromatic rings. The molecule has 0 radical (unpaired) electrons. The Morgan fingerprint density at radius 1 is 1.57 bits per heavy atom. The molecule has 3 rings (SSSR count). The highest BCUT2D eigenvalue weighted by atomic mass is 32.2. The van der Waals surface area contributed by atoms with Crippen molar-refractivity contribution in [2.45, 2.75) is 31.2 Å². The number of nitrogens with one attached hydrogen (secondary N) is 1. The number of carbonyl (C=O) groups excluding carboxylic acids is 1. The van der Waals surface area contributed by atoms with Gasteiger partial charge in [0.05, 0.1) is 6.04 Å². The van der Waals surface area contributed by atoms with Crippen LogP contribution in [-0.4, -0.2) is 28.9 Å². The van der Waals surface area contributed by atoms with Crippen LogP contribution in [0, 0.1) is 0 Å². The molecule has 0 bridgehead atoms. The smallest absolute Gasteiger partial charge is 0.241 e. The summed E-state index contributed by atoms with van der Waals surface area (Å²) in [6, 6.07) is 5.03. The summed E-state index contributed by atoms with van der Waals surface area (Å²) < 4.78 is 5.70. The lowest BCUT2D eigenvalue weighted by Crippen LogP contribution is -2.36. The quantitative estimate of drug-likeness (QED) is 0.857. The number of anilines is 1. The van der Waals surface area contributed by atoms with E-state index in [0.717, 1.165) is 35.6 Å². The van der Waals surface area contributed by atoms with Gasteiger partial charge < -0.3 is 15.5 Å². The van der Waals surface area contributed by atoms with Crippen molar-refractivity contribution in [1.29, 1.82) is 0 Å². The summed E-state index contributed by atoms with van der Waals surface area (Å²) in [5, 5.41) is 2.84. The van der Waals surface area contributed by atoms with E-state index in [4.69, 9.17) is 10.2 Å². The molecule has 1 fully saturated rings. The Kier molecular flexibility index (Phi) is 4.17. The zero-order chi connectivity index (χ0) is 14.8. The van der Waals surface area contributed by atoms with Gasteiger partial charge >= 0.3 is 0 Å². The third-order valence-corrected chi connectivity index (χ3v) is 4.21. The van der Waals surface area contributed by atoms with Gasteiger partial charge in [-0.1, -0.05) is 0 Å². The van der Waals surface area contributed by atoms with Crippen molar-refractivity contribution in [2.75, 3.05) is 17.3 Å². The van der Waals surface area contributed by atoms with Crippen LogP contribution < -0.4 is 11.1 Å². The van der Waals surface area contributed by atoms with Crippen molar-refractivity contribution < 1.29 is 9.21 Å². The highest BCUT2D eigenvalue weighted by Crippen LogP contribution is 2.40. The van der Waals surface area contributed by atoms with Gasteiger partial charge in [-0.05, 0) is 49.5 Å². The van der Waals surface area contributed by atoms with Crippen LogP contribution in [0.1, 0.15) is 31.1 Å². The minimum atomic E-state index is -0.479. The summed E-state index contributed by atoms with van der Waals surface area (Å²) in [5.74, 6) is 2.01. The molecule has 21 heavy (non-hydrogen) atoms. The summed E-state index contributed by atoms with van der Waals surface area (Å²) >= 11 is 1.68. The molecule has 1 heterocycles. The van der Waals surface area contributed by atoms with Crippen LogP contribution in [0.2, 0.25) is 0 Å². The van der Waals surface area contributed by atoms with Crippen molar-refractivity contribution in [2.24, 2.45) is 5.73 Å². The van der Waals surface area contributed by atoms with Gasteiger partial charge in [-0.15, -0.1) is 0 Å². The molecular weight excluding hydrogens is 286 g/mol. The first kappa shape index (κ1) is 14.4. The van der Waals surface area contributed by atoms with E-state index in [1.165, 1.54) is 0 Å². The fraction of sp³-hybridized carbons (Fsp3) is 0.467. The van der Waals surface area contributed by atoms with E-state index in [0.29, 0.717) is 18.0 Å². The highest BCUT2D eigenvalue weighted by Gasteiger charge is 2.28. The lowest BCUT2D eigenvalue weighted by Gasteiger charge is -2.11. The standard InChI is InChI=1S/C15H19N3O2S/c1-21-7-6-11(16)14(19)17-10-4-5-13-12(8-10)18-15(20-13)9-2-3-9/h4-5,8-9,11H,2-3,6-7,16H2,1H3,(H,17,19)/t11-/m1/s1.